The van der Waals surface area contributed by atoms with Gasteiger partial charge in [-0.05, 0) is 28.9 Å². The van der Waals surface area contributed by atoms with Crippen molar-refractivity contribution in [2.75, 3.05) is 5.32 Å². The second kappa shape index (κ2) is 5.45. The number of amides is 1. The van der Waals surface area contributed by atoms with Crippen molar-refractivity contribution < 1.29 is 14.7 Å². The van der Waals surface area contributed by atoms with E-state index in [1.807, 2.05) is 13.8 Å². The number of hydrogen-bond acceptors (Lipinski definition) is 6. The summed E-state index contributed by atoms with van der Waals surface area (Å²) in [6.07, 6.45) is 0. The molecule has 0 aliphatic carbocycles. The molecule has 0 spiro atoms. The maximum Gasteiger partial charge on any atom is 0.348 e. The molecule has 1 amide bonds. The molecule has 0 atom stereocenters. The predicted molar refractivity (Wildman–Crippen MR) is 73.2 cm³/mol. The fourth-order valence-electron chi connectivity index (χ4n) is 1.49. The van der Waals surface area contributed by atoms with E-state index >= 15 is 0 Å². The average Bonchev–Trinajstić information content (AvgIpc) is 2.96. The Morgan fingerprint density at radius 3 is 2.74 bits per heavy atom. The van der Waals surface area contributed by atoms with Gasteiger partial charge in [0.15, 0.2) is 0 Å². The number of carboxylic acids is 1. The van der Waals surface area contributed by atoms with Gasteiger partial charge in [0, 0.05) is 0 Å². The van der Waals surface area contributed by atoms with Gasteiger partial charge in [-0.15, -0.1) is 16.4 Å². The van der Waals surface area contributed by atoms with Gasteiger partial charge in [-0.2, -0.15) is 0 Å². The van der Waals surface area contributed by atoms with Crippen molar-refractivity contribution >= 4 is 40.4 Å². The minimum atomic E-state index is -1.06. The molecule has 0 bridgehead atoms. The van der Waals surface area contributed by atoms with Gasteiger partial charge in [0.25, 0.3) is 5.91 Å². The van der Waals surface area contributed by atoms with Gasteiger partial charge in [-0.3, -0.25) is 4.79 Å². The highest BCUT2D eigenvalue weighted by atomic mass is 32.1. The van der Waals surface area contributed by atoms with Crippen LogP contribution in [0.3, 0.4) is 0 Å². The first-order chi connectivity index (χ1) is 9.00. The summed E-state index contributed by atoms with van der Waals surface area (Å²) in [7, 11) is 0. The van der Waals surface area contributed by atoms with Crippen molar-refractivity contribution in [3.05, 3.63) is 26.9 Å². The second-order valence-electron chi connectivity index (χ2n) is 4.06. The Morgan fingerprint density at radius 1 is 1.37 bits per heavy atom. The highest BCUT2D eigenvalue weighted by Crippen LogP contribution is 2.25. The van der Waals surface area contributed by atoms with Crippen LogP contribution in [0.4, 0.5) is 5.69 Å². The van der Waals surface area contributed by atoms with Gasteiger partial charge in [0.05, 0.1) is 11.4 Å². The number of anilines is 1. The molecule has 0 saturated carbocycles. The Morgan fingerprint density at radius 2 is 2.11 bits per heavy atom. The number of thiophene rings is 1. The maximum atomic E-state index is 12.1. The van der Waals surface area contributed by atoms with Crippen LogP contribution in [0, 0.1) is 0 Å². The summed E-state index contributed by atoms with van der Waals surface area (Å²) in [5.41, 5.74) is 0.917. The third kappa shape index (κ3) is 2.79. The Hall–Kier alpha value is -1.80. The number of nitrogens with zero attached hydrogens (tertiary/aromatic N) is 2. The first-order valence-corrected chi connectivity index (χ1v) is 7.10. The van der Waals surface area contributed by atoms with Crippen molar-refractivity contribution in [3.8, 4) is 0 Å². The SMILES string of the molecule is CC(C)c1nnsc1C(=O)Nc1ccsc1C(=O)O. The van der Waals surface area contributed by atoms with Crippen molar-refractivity contribution in [1.82, 2.24) is 9.59 Å². The Labute approximate surface area is 117 Å². The lowest BCUT2D eigenvalue weighted by Gasteiger charge is -2.05. The molecule has 0 aromatic carbocycles. The van der Waals surface area contributed by atoms with Crippen molar-refractivity contribution in [2.45, 2.75) is 19.8 Å². The van der Waals surface area contributed by atoms with Gasteiger partial charge in [0.2, 0.25) is 0 Å². The van der Waals surface area contributed by atoms with E-state index in [0.29, 0.717) is 16.3 Å². The first kappa shape index (κ1) is 13.6. The fraction of sp³-hybridized carbons (Fsp3) is 0.273. The maximum absolute atomic E-state index is 12.1. The number of nitrogens with one attached hydrogen (secondary N) is 1. The molecule has 0 saturated heterocycles. The van der Waals surface area contributed by atoms with E-state index in [0.717, 1.165) is 22.9 Å². The zero-order valence-electron chi connectivity index (χ0n) is 10.2. The smallest absolute Gasteiger partial charge is 0.348 e. The number of carboxylic acid groups (broad SMARTS) is 1. The van der Waals surface area contributed by atoms with Gasteiger partial charge >= 0.3 is 5.97 Å². The highest BCUT2D eigenvalue weighted by Gasteiger charge is 2.21. The van der Waals surface area contributed by atoms with E-state index in [9.17, 15) is 9.59 Å². The first-order valence-electron chi connectivity index (χ1n) is 5.45. The normalized spacial score (nSPS) is 10.7. The molecule has 0 aliphatic rings. The third-order valence-corrected chi connectivity index (χ3v) is 4.02. The molecule has 2 heterocycles. The Balaban J connectivity index is 2.24. The van der Waals surface area contributed by atoms with Crippen molar-refractivity contribution in [2.24, 2.45) is 0 Å². The van der Waals surface area contributed by atoms with E-state index in [1.165, 1.54) is 0 Å². The summed E-state index contributed by atoms with van der Waals surface area (Å²) in [6.45, 7) is 3.83. The van der Waals surface area contributed by atoms with Gasteiger partial charge < -0.3 is 10.4 Å². The zero-order valence-corrected chi connectivity index (χ0v) is 11.8. The van der Waals surface area contributed by atoms with Gasteiger partial charge in [0.1, 0.15) is 9.75 Å². The second-order valence-corrected chi connectivity index (χ2v) is 5.73. The molecule has 19 heavy (non-hydrogen) atoms. The van der Waals surface area contributed by atoms with Crippen LogP contribution < -0.4 is 5.32 Å². The minimum absolute atomic E-state index is 0.0842. The fourth-order valence-corrected chi connectivity index (χ4v) is 2.89. The lowest BCUT2D eigenvalue weighted by Crippen LogP contribution is -2.14. The summed E-state index contributed by atoms with van der Waals surface area (Å²) in [6, 6.07) is 1.57. The van der Waals surface area contributed by atoms with Crippen LogP contribution in [0.2, 0.25) is 0 Å². The molecular weight excluding hydrogens is 286 g/mol. The predicted octanol–water partition coefficient (Wildman–Crippen LogP) is 2.67. The molecule has 0 aliphatic heterocycles. The van der Waals surface area contributed by atoms with Crippen LogP contribution in [0.5, 0.6) is 0 Å². The Bertz CT molecular complexity index is 618. The molecule has 2 N–H and O–H groups in total. The molecule has 100 valence electrons. The molecule has 0 fully saturated rings. The summed E-state index contributed by atoms with van der Waals surface area (Å²) < 4.78 is 3.77. The molecular formula is C11H11N3O3S2. The summed E-state index contributed by atoms with van der Waals surface area (Å²) in [5, 5.41) is 17.1. The standard InChI is InChI=1S/C11H11N3O3S2/c1-5(2)7-9(19-14-13-7)10(15)12-6-3-4-18-8(6)11(16)17/h3-5H,1-2H3,(H,12,15)(H,16,17). The summed E-state index contributed by atoms with van der Waals surface area (Å²) in [4.78, 5) is 23.6. The monoisotopic (exact) mass is 297 g/mol. The van der Waals surface area contributed by atoms with Crippen LogP contribution in [0.25, 0.3) is 0 Å². The van der Waals surface area contributed by atoms with E-state index in [2.05, 4.69) is 14.9 Å². The summed E-state index contributed by atoms with van der Waals surface area (Å²) in [5.74, 6) is -1.35. The molecule has 2 rings (SSSR count). The number of carbonyl (C=O) groups is 2. The number of carbonyl (C=O) groups excluding carboxylic acids is 1. The Kier molecular flexibility index (Phi) is 3.91. The van der Waals surface area contributed by atoms with E-state index in [4.69, 9.17) is 5.11 Å². The van der Waals surface area contributed by atoms with Crippen molar-refractivity contribution in [3.63, 3.8) is 0 Å². The third-order valence-electron chi connectivity index (χ3n) is 2.37. The van der Waals surface area contributed by atoms with Crippen LogP contribution >= 0.6 is 22.9 Å². The van der Waals surface area contributed by atoms with Gasteiger partial charge in [-0.25, -0.2) is 4.79 Å². The van der Waals surface area contributed by atoms with Crippen LogP contribution in [0.1, 0.15) is 44.8 Å². The lowest BCUT2D eigenvalue weighted by molar-refractivity contribution is 0.0703. The topological polar surface area (TPSA) is 92.2 Å². The molecule has 8 heteroatoms. The molecule has 6 nitrogen and oxygen atoms in total. The van der Waals surface area contributed by atoms with Gasteiger partial charge in [-0.1, -0.05) is 18.3 Å². The number of rotatable bonds is 4. The number of aromatic nitrogens is 2. The largest absolute Gasteiger partial charge is 0.477 e. The molecule has 2 aromatic rings. The quantitative estimate of drug-likeness (QED) is 0.905. The zero-order chi connectivity index (χ0) is 14.0. The molecule has 0 radical (unpaired) electrons. The summed E-state index contributed by atoms with van der Waals surface area (Å²) >= 11 is 2.07. The van der Waals surface area contributed by atoms with Crippen molar-refractivity contribution in [1.29, 1.82) is 0 Å². The van der Waals surface area contributed by atoms with Crippen LogP contribution in [-0.2, 0) is 0 Å². The number of aromatic carboxylic acids is 1. The van der Waals surface area contributed by atoms with E-state index in [-0.39, 0.29) is 16.7 Å². The number of hydrogen-bond donors (Lipinski definition) is 2. The van der Waals surface area contributed by atoms with E-state index < -0.39 is 5.97 Å². The van der Waals surface area contributed by atoms with Crippen LogP contribution in [-0.4, -0.2) is 26.6 Å². The lowest BCUT2D eigenvalue weighted by atomic mass is 10.1. The van der Waals surface area contributed by atoms with E-state index in [1.54, 1.807) is 11.4 Å². The average molecular weight is 297 g/mol. The minimum Gasteiger partial charge on any atom is -0.477 e. The van der Waals surface area contributed by atoms with Crippen LogP contribution in [0.15, 0.2) is 11.4 Å². The molecule has 2 aromatic heterocycles. The molecule has 0 unspecified atom stereocenters. The highest BCUT2D eigenvalue weighted by molar-refractivity contribution is 7.12.